The molecule has 6 N–H and O–H groups in total. The van der Waals surface area contributed by atoms with E-state index in [9.17, 15) is 35.1 Å². The zero-order chi connectivity index (χ0) is 57.5. The first kappa shape index (κ1) is 73.6. The van der Waals surface area contributed by atoms with Gasteiger partial charge in [0, 0.05) is 6.42 Å². The van der Waals surface area contributed by atoms with E-state index in [1.807, 2.05) is 6.08 Å². The van der Waals surface area contributed by atoms with Gasteiger partial charge >= 0.3 is 5.97 Å². The van der Waals surface area contributed by atoms with Crippen molar-refractivity contribution in [1.82, 2.24) is 5.32 Å². The minimum Gasteiger partial charge on any atom is -0.454 e. The Morgan fingerprint density at radius 2 is 0.911 bits per heavy atom. The summed E-state index contributed by atoms with van der Waals surface area (Å²) in [6.07, 6.45) is 62.9. The molecule has 1 saturated heterocycles. The summed E-state index contributed by atoms with van der Waals surface area (Å²) in [6, 6.07) is -1.04. The molecular formula is C68H117NO10. The highest BCUT2D eigenvalue weighted by molar-refractivity contribution is 5.80. The van der Waals surface area contributed by atoms with Gasteiger partial charge in [0.15, 0.2) is 12.4 Å². The molecule has 454 valence electrons. The van der Waals surface area contributed by atoms with Crippen molar-refractivity contribution in [2.45, 2.75) is 307 Å². The SMILES string of the molecule is CC/C=C\C/C=C\C/C=C\C/C=C\C/C=C\C/C=C\CCCCCCC(=O)OC1C(OCC(NC(=O)C(O)CCCCCCCC/C=C\CCCCCC)C(O)/C=C/CCCCCCCCCCCCC)OC(CO)C(O)C1O. The van der Waals surface area contributed by atoms with Crippen molar-refractivity contribution in [3.63, 3.8) is 0 Å². The second-order valence-electron chi connectivity index (χ2n) is 21.8. The molecule has 0 bridgehead atoms. The van der Waals surface area contributed by atoms with Gasteiger partial charge in [-0.3, -0.25) is 9.59 Å². The summed E-state index contributed by atoms with van der Waals surface area (Å²) in [4.78, 5) is 26.6. The number of ether oxygens (including phenoxy) is 3. The molecule has 11 nitrogen and oxygen atoms in total. The minimum absolute atomic E-state index is 0.0888. The molecular weight excluding hydrogens is 991 g/mol. The summed E-state index contributed by atoms with van der Waals surface area (Å²) in [5, 5.41) is 57.0. The number of rotatable bonds is 53. The van der Waals surface area contributed by atoms with Crippen LogP contribution in [0.2, 0.25) is 0 Å². The number of amides is 1. The van der Waals surface area contributed by atoms with Crippen LogP contribution in [0.5, 0.6) is 0 Å². The molecule has 0 aliphatic carbocycles. The molecule has 1 amide bonds. The van der Waals surface area contributed by atoms with Gasteiger partial charge in [-0.15, -0.1) is 0 Å². The first-order valence-corrected chi connectivity index (χ1v) is 32.0. The largest absolute Gasteiger partial charge is 0.454 e. The standard InChI is InChI=1S/C68H117NO10/c1-4-7-10-13-16-19-22-25-27-28-29-30-31-32-33-34-35-38-41-44-47-50-53-56-63(73)79-66-65(75)64(74)62(57-70)78-68(66)77-58-59(60(71)54-51-48-45-42-39-36-24-21-18-15-12-9-6-3)69-67(76)61(72)55-52-49-46-43-40-37-26-23-20-17-14-11-8-5-2/h7,10,16,19-20,23,25,27,29-30,32-33,35,38,51,54,59-62,64-66,68,70-72,74-75H,4-6,8-9,11-15,17-18,21-22,24,26,28,31,34,36-37,39-50,52-53,55-58H2,1-3H3,(H,69,76)/b10-7-,19-16-,23-20-,27-25-,30-29-,33-32-,38-35-,54-51+. The van der Waals surface area contributed by atoms with Gasteiger partial charge in [0.2, 0.25) is 5.91 Å². The maximum Gasteiger partial charge on any atom is 0.306 e. The third-order valence-electron chi connectivity index (χ3n) is 14.5. The smallest absolute Gasteiger partial charge is 0.306 e. The van der Waals surface area contributed by atoms with Crippen molar-refractivity contribution in [3.05, 3.63) is 97.2 Å². The number of hydrogen-bond donors (Lipinski definition) is 6. The number of aliphatic hydroxyl groups excluding tert-OH is 5. The number of allylic oxidation sites excluding steroid dienone is 15. The van der Waals surface area contributed by atoms with E-state index in [4.69, 9.17) is 14.2 Å². The lowest BCUT2D eigenvalue weighted by Crippen LogP contribution is -2.61. The van der Waals surface area contributed by atoms with Gasteiger partial charge in [-0.2, -0.15) is 0 Å². The van der Waals surface area contributed by atoms with Gasteiger partial charge in [-0.1, -0.05) is 246 Å². The molecule has 0 saturated carbocycles. The normalized spacial score (nSPS) is 19.5. The van der Waals surface area contributed by atoms with Crippen LogP contribution in [0.25, 0.3) is 0 Å². The average molecular weight is 1110 g/mol. The first-order valence-electron chi connectivity index (χ1n) is 32.0. The number of esters is 1. The van der Waals surface area contributed by atoms with Crippen LogP contribution >= 0.6 is 0 Å². The van der Waals surface area contributed by atoms with Crippen molar-refractivity contribution in [2.24, 2.45) is 0 Å². The lowest BCUT2D eigenvalue weighted by atomic mass is 9.99. The fraction of sp³-hybridized carbons (Fsp3) is 0.735. The zero-order valence-corrected chi connectivity index (χ0v) is 50.2. The van der Waals surface area contributed by atoms with Gasteiger partial charge in [0.1, 0.15) is 24.4 Å². The number of carbonyl (C=O) groups is 2. The summed E-state index contributed by atoms with van der Waals surface area (Å²) in [5.74, 6) is -1.23. The number of nitrogens with one attached hydrogen (secondary N) is 1. The lowest BCUT2D eigenvalue weighted by Gasteiger charge is -2.41. The lowest BCUT2D eigenvalue weighted by molar-refractivity contribution is -0.305. The quantitative estimate of drug-likeness (QED) is 0.0195. The molecule has 1 heterocycles. The predicted molar refractivity (Wildman–Crippen MR) is 329 cm³/mol. The highest BCUT2D eigenvalue weighted by Gasteiger charge is 2.47. The highest BCUT2D eigenvalue weighted by atomic mass is 16.7. The molecule has 0 aromatic heterocycles. The van der Waals surface area contributed by atoms with E-state index in [1.165, 1.54) is 96.3 Å². The topological polar surface area (TPSA) is 175 Å². The van der Waals surface area contributed by atoms with E-state index < -0.39 is 67.4 Å². The van der Waals surface area contributed by atoms with Crippen LogP contribution in [0.3, 0.4) is 0 Å². The Kier molecular flexibility index (Phi) is 51.4. The van der Waals surface area contributed by atoms with Crippen molar-refractivity contribution < 1.29 is 49.3 Å². The van der Waals surface area contributed by atoms with Crippen LogP contribution in [-0.2, 0) is 23.8 Å². The average Bonchev–Trinajstić information content (AvgIpc) is 3.50. The summed E-state index contributed by atoms with van der Waals surface area (Å²) in [5.41, 5.74) is 0. The van der Waals surface area contributed by atoms with Crippen LogP contribution in [-0.4, -0.2) is 99.6 Å². The Hall–Kier alpha value is -3.42. The number of unbranched alkanes of at least 4 members (excludes halogenated alkanes) is 25. The van der Waals surface area contributed by atoms with Crippen molar-refractivity contribution >= 4 is 11.9 Å². The highest BCUT2D eigenvalue weighted by Crippen LogP contribution is 2.26. The van der Waals surface area contributed by atoms with Crippen LogP contribution in [0, 0.1) is 0 Å². The summed E-state index contributed by atoms with van der Waals surface area (Å²) < 4.78 is 17.6. The van der Waals surface area contributed by atoms with Crippen molar-refractivity contribution in [3.8, 4) is 0 Å². The fourth-order valence-electron chi connectivity index (χ4n) is 9.41. The van der Waals surface area contributed by atoms with Gasteiger partial charge in [-0.05, 0) is 103 Å². The first-order chi connectivity index (χ1) is 38.7. The molecule has 1 aliphatic rings. The molecule has 79 heavy (non-hydrogen) atoms. The maximum absolute atomic E-state index is 13.4. The van der Waals surface area contributed by atoms with Gasteiger partial charge in [0.25, 0.3) is 0 Å². The summed E-state index contributed by atoms with van der Waals surface area (Å²) in [6.45, 7) is 5.65. The van der Waals surface area contributed by atoms with Gasteiger partial charge in [0.05, 0.1) is 25.4 Å². The Bertz CT molecular complexity index is 1650. The van der Waals surface area contributed by atoms with Crippen molar-refractivity contribution in [1.29, 1.82) is 0 Å². The predicted octanol–water partition coefficient (Wildman–Crippen LogP) is 15.5. The second-order valence-corrected chi connectivity index (χ2v) is 21.8. The van der Waals surface area contributed by atoms with Crippen LogP contribution in [0.15, 0.2) is 97.2 Å². The molecule has 11 heteroatoms. The van der Waals surface area contributed by atoms with E-state index in [0.717, 1.165) is 116 Å². The number of hydrogen-bond acceptors (Lipinski definition) is 10. The number of aliphatic hydroxyl groups is 5. The Morgan fingerprint density at radius 1 is 0.506 bits per heavy atom. The molecule has 0 aromatic carbocycles. The Balaban J connectivity index is 2.68. The fourth-order valence-corrected chi connectivity index (χ4v) is 9.41. The summed E-state index contributed by atoms with van der Waals surface area (Å²) in [7, 11) is 0. The van der Waals surface area contributed by atoms with Crippen molar-refractivity contribution in [2.75, 3.05) is 13.2 Å². The minimum atomic E-state index is -1.63. The van der Waals surface area contributed by atoms with E-state index in [0.29, 0.717) is 12.8 Å². The molecule has 1 rings (SSSR count). The molecule has 8 atom stereocenters. The van der Waals surface area contributed by atoms with E-state index in [2.05, 4.69) is 111 Å². The molecule has 1 fully saturated rings. The van der Waals surface area contributed by atoms with Gasteiger partial charge in [-0.25, -0.2) is 0 Å². The van der Waals surface area contributed by atoms with E-state index in [1.54, 1.807) is 6.08 Å². The monoisotopic (exact) mass is 1110 g/mol. The molecule has 1 aliphatic heterocycles. The Morgan fingerprint density at radius 3 is 1.39 bits per heavy atom. The zero-order valence-electron chi connectivity index (χ0n) is 50.2. The van der Waals surface area contributed by atoms with E-state index >= 15 is 0 Å². The maximum atomic E-state index is 13.4. The summed E-state index contributed by atoms with van der Waals surface area (Å²) >= 11 is 0. The molecule has 0 radical (unpaired) electrons. The van der Waals surface area contributed by atoms with Crippen LogP contribution in [0.4, 0.5) is 0 Å². The molecule has 8 unspecified atom stereocenters. The Labute approximate surface area is 482 Å². The third kappa shape index (κ3) is 43.0. The molecule has 0 spiro atoms. The van der Waals surface area contributed by atoms with E-state index in [-0.39, 0.29) is 19.4 Å². The van der Waals surface area contributed by atoms with Crippen LogP contribution in [0.1, 0.15) is 258 Å². The van der Waals surface area contributed by atoms with Crippen LogP contribution < -0.4 is 5.32 Å². The second kappa shape index (κ2) is 55.1. The number of carbonyl (C=O) groups excluding carboxylic acids is 2. The molecule has 0 aromatic rings. The van der Waals surface area contributed by atoms with Gasteiger partial charge < -0.3 is 45.1 Å². The third-order valence-corrected chi connectivity index (χ3v) is 14.5.